The average Bonchev–Trinajstić information content (AvgIpc) is 3.41. The number of halogens is 4. The van der Waals surface area contributed by atoms with Crippen LogP contribution in [-0.2, 0) is 6.18 Å². The molecule has 0 radical (unpaired) electrons. The Balaban J connectivity index is 1.41. The van der Waals surface area contributed by atoms with Crippen LogP contribution in [-0.4, -0.2) is 29.6 Å². The van der Waals surface area contributed by atoms with Gasteiger partial charge in [0, 0.05) is 31.7 Å². The van der Waals surface area contributed by atoms with E-state index in [1.807, 2.05) is 6.07 Å². The van der Waals surface area contributed by atoms with Gasteiger partial charge in [0.25, 0.3) is 0 Å². The van der Waals surface area contributed by atoms with Crippen molar-refractivity contribution < 1.29 is 31.8 Å². The van der Waals surface area contributed by atoms with Gasteiger partial charge in [0.1, 0.15) is 40.0 Å². The molecule has 4 aromatic rings. The third kappa shape index (κ3) is 6.87. The molecular weight excluding hydrogens is 528 g/mol. The van der Waals surface area contributed by atoms with E-state index in [0.717, 1.165) is 34.6 Å². The van der Waals surface area contributed by atoms with Gasteiger partial charge >= 0.3 is 12.2 Å². The van der Waals surface area contributed by atoms with Crippen molar-refractivity contribution in [3.63, 3.8) is 0 Å². The highest BCUT2D eigenvalue weighted by Crippen LogP contribution is 2.40. The minimum absolute atomic E-state index is 0.0101. The second-order valence-corrected chi connectivity index (χ2v) is 8.34. The highest BCUT2D eigenvalue weighted by Gasteiger charge is 2.35. The number of allylic oxidation sites excluding steroid dienone is 3. The topological polar surface area (TPSA) is 79.5 Å². The number of hydrogen-bond donors (Lipinski definition) is 2. The summed E-state index contributed by atoms with van der Waals surface area (Å²) in [6, 6.07) is 10.7. The summed E-state index contributed by atoms with van der Waals surface area (Å²) in [4.78, 5) is 20.9. The summed E-state index contributed by atoms with van der Waals surface area (Å²) in [7, 11) is 1.34. The zero-order chi connectivity index (χ0) is 28.7. The number of anilines is 1. The Bertz CT molecular complexity index is 1560. The molecule has 2 aromatic carbocycles. The summed E-state index contributed by atoms with van der Waals surface area (Å²) < 4.78 is 65.7. The Morgan fingerprint density at radius 2 is 1.90 bits per heavy atom. The van der Waals surface area contributed by atoms with Crippen molar-refractivity contribution in [2.75, 3.05) is 18.5 Å². The number of aromatic amines is 1. The van der Waals surface area contributed by atoms with Crippen LogP contribution in [0.1, 0.15) is 5.56 Å². The monoisotopic (exact) mass is 552 g/mol. The summed E-state index contributed by atoms with van der Waals surface area (Å²) >= 11 is 0. The van der Waals surface area contributed by atoms with Gasteiger partial charge in [-0.15, -0.1) is 0 Å². The van der Waals surface area contributed by atoms with Crippen LogP contribution in [0.5, 0.6) is 17.2 Å². The predicted octanol–water partition coefficient (Wildman–Crippen LogP) is 7.36. The van der Waals surface area contributed by atoms with Crippen LogP contribution in [0.2, 0.25) is 0 Å². The molecule has 11 heteroatoms. The van der Waals surface area contributed by atoms with E-state index in [1.165, 1.54) is 25.2 Å². The molecular formula is C29H24F4N4O3. The average molecular weight is 553 g/mol. The smallest absolute Gasteiger partial charge is 0.420 e. The molecule has 0 saturated heterocycles. The highest BCUT2D eigenvalue weighted by molar-refractivity contribution is 5.91. The van der Waals surface area contributed by atoms with E-state index in [9.17, 15) is 22.4 Å². The van der Waals surface area contributed by atoms with Crippen LogP contribution < -0.4 is 19.7 Å². The lowest BCUT2D eigenvalue weighted by molar-refractivity contribution is -0.138. The lowest BCUT2D eigenvalue weighted by atomic mass is 10.1. The number of ether oxygens (including phenoxy) is 2. The Kier molecular flexibility index (Phi) is 8.53. The first-order chi connectivity index (χ1) is 19.2. The summed E-state index contributed by atoms with van der Waals surface area (Å²) in [6.45, 7) is 3.74. The Hall–Kier alpha value is -5.06. The molecule has 7 nitrogen and oxygen atoms in total. The molecule has 0 aliphatic rings. The molecule has 206 valence electrons. The van der Waals surface area contributed by atoms with Crippen molar-refractivity contribution in [3.05, 3.63) is 115 Å². The SMILES string of the molecule is C=C/C=C(\C=C/CNC(=O)N(C)c1ccc(Oc2ccc(F)cc2)c(C(F)(F)F)c1)Oc1ccnc2[nH]ccc12. The van der Waals surface area contributed by atoms with Crippen LogP contribution >= 0.6 is 0 Å². The van der Waals surface area contributed by atoms with Gasteiger partial charge in [-0.05, 0) is 66.7 Å². The third-order valence-electron chi connectivity index (χ3n) is 5.59. The van der Waals surface area contributed by atoms with Gasteiger partial charge in [0.05, 0.1) is 5.39 Å². The van der Waals surface area contributed by atoms with Crippen LogP contribution in [0.25, 0.3) is 11.0 Å². The molecule has 40 heavy (non-hydrogen) atoms. The number of nitrogens with one attached hydrogen (secondary N) is 2. The normalized spacial score (nSPS) is 12.0. The molecule has 0 aliphatic carbocycles. The largest absolute Gasteiger partial charge is 0.457 e. The summed E-state index contributed by atoms with van der Waals surface area (Å²) in [5, 5.41) is 3.40. The fourth-order valence-electron chi connectivity index (χ4n) is 3.62. The Labute approximate surface area is 227 Å². The van der Waals surface area contributed by atoms with E-state index in [-0.39, 0.29) is 18.0 Å². The van der Waals surface area contributed by atoms with Gasteiger partial charge in [-0.25, -0.2) is 14.2 Å². The number of hydrogen-bond acceptors (Lipinski definition) is 4. The van der Waals surface area contributed by atoms with Crippen molar-refractivity contribution in [3.8, 4) is 17.2 Å². The van der Waals surface area contributed by atoms with Gasteiger partial charge in [0.2, 0.25) is 0 Å². The fraction of sp³-hybridized carbons (Fsp3) is 0.103. The quantitative estimate of drug-likeness (QED) is 0.129. The van der Waals surface area contributed by atoms with Crippen molar-refractivity contribution >= 4 is 22.8 Å². The van der Waals surface area contributed by atoms with E-state index in [1.54, 1.807) is 42.8 Å². The van der Waals surface area contributed by atoms with Crippen LogP contribution in [0.4, 0.5) is 28.0 Å². The molecule has 0 aliphatic heterocycles. The molecule has 0 unspecified atom stereocenters. The van der Waals surface area contributed by atoms with Crippen LogP contribution in [0.3, 0.4) is 0 Å². The number of urea groups is 1. The number of fused-ring (bicyclic) bond motifs is 1. The molecule has 2 aromatic heterocycles. The molecule has 0 spiro atoms. The first-order valence-electron chi connectivity index (χ1n) is 11.9. The third-order valence-corrected chi connectivity index (χ3v) is 5.59. The van der Waals surface area contributed by atoms with Crippen LogP contribution in [0.15, 0.2) is 104 Å². The number of H-pyrrole nitrogens is 1. The molecule has 4 rings (SSSR count). The van der Waals surface area contributed by atoms with E-state index < -0.39 is 29.3 Å². The highest BCUT2D eigenvalue weighted by atomic mass is 19.4. The number of nitrogens with zero attached hydrogens (tertiary/aromatic N) is 2. The fourth-order valence-corrected chi connectivity index (χ4v) is 3.62. The Morgan fingerprint density at radius 1 is 1.12 bits per heavy atom. The van der Waals surface area contributed by atoms with Crippen LogP contribution in [0, 0.1) is 5.82 Å². The van der Waals surface area contributed by atoms with Crippen molar-refractivity contribution in [1.82, 2.24) is 15.3 Å². The van der Waals surface area contributed by atoms with E-state index >= 15 is 0 Å². The van der Waals surface area contributed by atoms with E-state index in [0.29, 0.717) is 17.2 Å². The van der Waals surface area contributed by atoms with Gasteiger partial charge in [-0.3, -0.25) is 4.90 Å². The van der Waals surface area contributed by atoms with E-state index in [4.69, 9.17) is 9.47 Å². The molecule has 2 heterocycles. The first-order valence-corrected chi connectivity index (χ1v) is 11.9. The maximum absolute atomic E-state index is 13.8. The van der Waals surface area contributed by atoms with Crippen molar-refractivity contribution in [1.29, 1.82) is 0 Å². The first kappa shape index (κ1) is 28.0. The molecule has 0 saturated carbocycles. The zero-order valence-corrected chi connectivity index (χ0v) is 21.2. The minimum atomic E-state index is -4.76. The number of carbonyl (C=O) groups is 1. The number of carbonyl (C=O) groups excluding carboxylic acids is 1. The molecule has 0 fully saturated rings. The van der Waals surface area contributed by atoms with Crippen molar-refractivity contribution in [2.24, 2.45) is 0 Å². The van der Waals surface area contributed by atoms with Gasteiger partial charge < -0.3 is 19.8 Å². The van der Waals surface area contributed by atoms with Crippen molar-refractivity contribution in [2.45, 2.75) is 6.18 Å². The van der Waals surface area contributed by atoms with Gasteiger partial charge in [-0.1, -0.05) is 18.7 Å². The maximum Gasteiger partial charge on any atom is 0.420 e. The second-order valence-electron chi connectivity index (χ2n) is 8.34. The lowest BCUT2D eigenvalue weighted by Gasteiger charge is -2.21. The predicted molar refractivity (Wildman–Crippen MR) is 144 cm³/mol. The van der Waals surface area contributed by atoms with Gasteiger partial charge in [-0.2, -0.15) is 13.2 Å². The number of aromatic nitrogens is 2. The maximum atomic E-state index is 13.8. The summed E-state index contributed by atoms with van der Waals surface area (Å²) in [5.74, 6) is 0.0200. The minimum Gasteiger partial charge on any atom is -0.457 e. The molecule has 2 amide bonds. The molecule has 0 bridgehead atoms. The number of rotatable bonds is 9. The molecule has 2 N–H and O–H groups in total. The molecule has 0 atom stereocenters. The number of amides is 2. The Morgan fingerprint density at radius 3 is 2.62 bits per heavy atom. The lowest BCUT2D eigenvalue weighted by Crippen LogP contribution is -2.37. The zero-order valence-electron chi connectivity index (χ0n) is 21.2. The second kappa shape index (κ2) is 12.2. The summed E-state index contributed by atoms with van der Waals surface area (Å²) in [5.41, 5.74) is -0.430. The standard InChI is InChI=1S/C29H24F4N4O3/c1-3-5-21(39-25-14-17-35-27-23(25)13-16-34-27)6-4-15-36-28(38)37(2)20-9-12-26(24(18-20)29(31,32)33)40-22-10-7-19(30)8-11-22/h3-14,16-18H,1,15H2,2H3,(H,34,35)(H,36,38)/b6-4-,21-5+. The number of benzene rings is 2. The van der Waals surface area contributed by atoms with E-state index in [2.05, 4.69) is 21.9 Å². The summed E-state index contributed by atoms with van der Waals surface area (Å²) in [6.07, 6.45) is 5.01. The number of pyridine rings is 1. The number of alkyl halides is 3. The van der Waals surface area contributed by atoms with Gasteiger partial charge in [0.15, 0.2) is 0 Å².